The van der Waals surface area contributed by atoms with Crippen LogP contribution in [0.5, 0.6) is 0 Å². The Morgan fingerprint density at radius 1 is 1.35 bits per heavy atom. The number of rotatable bonds is 3. The predicted molar refractivity (Wildman–Crippen MR) is 70.2 cm³/mol. The Kier molecular flexibility index (Phi) is 3.95. The Balaban J connectivity index is 2.13. The Morgan fingerprint density at radius 2 is 2.06 bits per heavy atom. The van der Waals surface area contributed by atoms with Crippen molar-refractivity contribution in [3.05, 3.63) is 35.4 Å². The largest absolute Gasteiger partial charge is 0.306 e. The van der Waals surface area contributed by atoms with Crippen LogP contribution in [-0.4, -0.2) is 31.3 Å². The number of piperidine rings is 1. The number of hydrogen-bond acceptors (Lipinski definition) is 2. The van der Waals surface area contributed by atoms with Gasteiger partial charge in [0.1, 0.15) is 6.29 Å². The molecular formula is C15H21NO. The number of benzene rings is 1. The summed E-state index contributed by atoms with van der Waals surface area (Å²) >= 11 is 0. The summed E-state index contributed by atoms with van der Waals surface area (Å²) in [5.74, 6) is 0.606. The van der Waals surface area contributed by atoms with Gasteiger partial charge in [0.25, 0.3) is 0 Å². The minimum absolute atomic E-state index is 0.0867. The number of nitrogens with zero attached hydrogens (tertiary/aromatic N) is 1. The highest BCUT2D eigenvalue weighted by molar-refractivity contribution is 5.63. The molecule has 1 aromatic carbocycles. The minimum Gasteiger partial charge on any atom is -0.306 e. The lowest BCUT2D eigenvalue weighted by Crippen LogP contribution is -2.33. The zero-order chi connectivity index (χ0) is 12.3. The van der Waals surface area contributed by atoms with Crippen molar-refractivity contribution in [1.29, 1.82) is 0 Å². The van der Waals surface area contributed by atoms with Gasteiger partial charge in [0, 0.05) is 5.92 Å². The molecule has 0 radical (unpaired) electrons. The zero-order valence-electron chi connectivity index (χ0n) is 10.7. The van der Waals surface area contributed by atoms with E-state index in [-0.39, 0.29) is 5.92 Å². The number of likely N-dealkylation sites (tertiary alicyclic amines) is 1. The van der Waals surface area contributed by atoms with Gasteiger partial charge in [0.2, 0.25) is 0 Å². The fourth-order valence-corrected chi connectivity index (χ4v) is 2.73. The van der Waals surface area contributed by atoms with Crippen molar-refractivity contribution in [2.24, 2.45) is 5.92 Å². The van der Waals surface area contributed by atoms with Gasteiger partial charge in [-0.05, 0) is 51.4 Å². The molecule has 0 aliphatic carbocycles. The third-order valence-electron chi connectivity index (χ3n) is 3.84. The van der Waals surface area contributed by atoms with E-state index in [1.54, 1.807) is 0 Å². The van der Waals surface area contributed by atoms with Crippen LogP contribution in [0, 0.1) is 12.8 Å². The maximum atomic E-state index is 11.4. The van der Waals surface area contributed by atoms with E-state index in [0.717, 1.165) is 32.2 Å². The topological polar surface area (TPSA) is 20.3 Å². The summed E-state index contributed by atoms with van der Waals surface area (Å²) in [6.07, 6.45) is 3.41. The Hall–Kier alpha value is -1.15. The van der Waals surface area contributed by atoms with Gasteiger partial charge < -0.3 is 9.69 Å². The van der Waals surface area contributed by atoms with Crippen molar-refractivity contribution < 1.29 is 4.79 Å². The van der Waals surface area contributed by atoms with Crippen LogP contribution in [0.1, 0.15) is 29.9 Å². The van der Waals surface area contributed by atoms with Crippen LogP contribution in [-0.2, 0) is 4.79 Å². The summed E-state index contributed by atoms with van der Waals surface area (Å²) in [5.41, 5.74) is 2.43. The first-order valence-electron chi connectivity index (χ1n) is 6.41. The molecule has 0 N–H and O–H groups in total. The SMILES string of the molecule is Cc1cccc(C(C=O)C2CCN(C)CC2)c1. The van der Waals surface area contributed by atoms with Crippen molar-refractivity contribution in [2.45, 2.75) is 25.7 Å². The van der Waals surface area contributed by atoms with Crippen LogP contribution in [0.2, 0.25) is 0 Å². The molecule has 1 aliphatic heterocycles. The molecule has 0 aromatic heterocycles. The molecular weight excluding hydrogens is 210 g/mol. The van der Waals surface area contributed by atoms with Crippen LogP contribution in [0.3, 0.4) is 0 Å². The van der Waals surface area contributed by atoms with Crippen LogP contribution >= 0.6 is 0 Å². The molecule has 0 bridgehead atoms. The molecule has 2 nitrogen and oxygen atoms in total. The minimum atomic E-state index is 0.0867. The molecule has 0 spiro atoms. The highest BCUT2D eigenvalue weighted by Gasteiger charge is 2.26. The number of hydrogen-bond donors (Lipinski definition) is 0. The maximum Gasteiger partial charge on any atom is 0.127 e. The van der Waals surface area contributed by atoms with Crippen LogP contribution in [0.15, 0.2) is 24.3 Å². The lowest BCUT2D eigenvalue weighted by Gasteiger charge is -2.32. The van der Waals surface area contributed by atoms with E-state index < -0.39 is 0 Å². The predicted octanol–water partition coefficient (Wildman–Crippen LogP) is 2.62. The highest BCUT2D eigenvalue weighted by atomic mass is 16.1. The quantitative estimate of drug-likeness (QED) is 0.745. The summed E-state index contributed by atoms with van der Waals surface area (Å²) in [7, 11) is 2.15. The van der Waals surface area contributed by atoms with Crippen molar-refractivity contribution in [2.75, 3.05) is 20.1 Å². The molecule has 1 fully saturated rings. The normalized spacial score (nSPS) is 20.1. The molecule has 1 aromatic rings. The first kappa shape index (κ1) is 12.3. The van der Waals surface area contributed by atoms with Crippen molar-refractivity contribution in [3.8, 4) is 0 Å². The average Bonchev–Trinajstić information content (AvgIpc) is 2.33. The van der Waals surface area contributed by atoms with Gasteiger partial charge in [-0.15, -0.1) is 0 Å². The number of carbonyl (C=O) groups excluding carboxylic acids is 1. The van der Waals surface area contributed by atoms with Crippen LogP contribution in [0.4, 0.5) is 0 Å². The molecule has 1 aliphatic rings. The molecule has 0 saturated carbocycles. The van der Waals surface area contributed by atoms with E-state index in [0.29, 0.717) is 5.92 Å². The maximum absolute atomic E-state index is 11.4. The average molecular weight is 231 g/mol. The lowest BCUT2D eigenvalue weighted by atomic mass is 9.81. The van der Waals surface area contributed by atoms with Gasteiger partial charge in [0.15, 0.2) is 0 Å². The Bertz CT molecular complexity index is 380. The molecule has 2 heteroatoms. The van der Waals surface area contributed by atoms with Gasteiger partial charge in [-0.2, -0.15) is 0 Å². The number of carbonyl (C=O) groups is 1. The summed E-state index contributed by atoms with van der Waals surface area (Å²) < 4.78 is 0. The molecule has 2 rings (SSSR count). The third-order valence-corrected chi connectivity index (χ3v) is 3.84. The highest BCUT2D eigenvalue weighted by Crippen LogP contribution is 2.31. The summed E-state index contributed by atoms with van der Waals surface area (Å²) in [5, 5.41) is 0. The first-order valence-corrected chi connectivity index (χ1v) is 6.41. The molecule has 0 amide bonds. The van der Waals surface area contributed by atoms with E-state index in [1.807, 2.05) is 0 Å². The molecule has 92 valence electrons. The summed E-state index contributed by atoms with van der Waals surface area (Å²) in [4.78, 5) is 13.7. The van der Waals surface area contributed by atoms with Crippen molar-refractivity contribution in [3.63, 3.8) is 0 Å². The van der Waals surface area contributed by atoms with Crippen LogP contribution in [0.25, 0.3) is 0 Å². The second kappa shape index (κ2) is 5.46. The number of aryl methyl sites for hydroxylation is 1. The lowest BCUT2D eigenvalue weighted by molar-refractivity contribution is -0.110. The van der Waals surface area contributed by atoms with Crippen LogP contribution < -0.4 is 0 Å². The van der Waals surface area contributed by atoms with Gasteiger partial charge in [0.05, 0.1) is 0 Å². The van der Waals surface area contributed by atoms with E-state index >= 15 is 0 Å². The van der Waals surface area contributed by atoms with Gasteiger partial charge in [-0.3, -0.25) is 0 Å². The first-order chi connectivity index (χ1) is 8.20. The van der Waals surface area contributed by atoms with E-state index in [9.17, 15) is 4.79 Å². The molecule has 1 atom stereocenters. The van der Waals surface area contributed by atoms with Crippen molar-refractivity contribution >= 4 is 6.29 Å². The fourth-order valence-electron chi connectivity index (χ4n) is 2.73. The van der Waals surface area contributed by atoms with E-state index in [4.69, 9.17) is 0 Å². The number of aldehydes is 1. The molecule has 1 unspecified atom stereocenters. The smallest absolute Gasteiger partial charge is 0.127 e. The van der Waals surface area contributed by atoms with E-state index in [2.05, 4.69) is 43.1 Å². The zero-order valence-corrected chi connectivity index (χ0v) is 10.7. The van der Waals surface area contributed by atoms with Gasteiger partial charge in [-0.25, -0.2) is 0 Å². The monoisotopic (exact) mass is 231 g/mol. The molecule has 1 heterocycles. The van der Waals surface area contributed by atoms with E-state index in [1.165, 1.54) is 11.1 Å². The third kappa shape index (κ3) is 2.95. The second-order valence-corrected chi connectivity index (χ2v) is 5.22. The molecule has 1 saturated heterocycles. The summed E-state index contributed by atoms with van der Waals surface area (Å²) in [6, 6.07) is 8.37. The summed E-state index contributed by atoms with van der Waals surface area (Å²) in [6.45, 7) is 4.31. The Morgan fingerprint density at radius 3 is 2.65 bits per heavy atom. The van der Waals surface area contributed by atoms with Gasteiger partial charge >= 0.3 is 0 Å². The molecule has 17 heavy (non-hydrogen) atoms. The van der Waals surface area contributed by atoms with Gasteiger partial charge in [-0.1, -0.05) is 29.8 Å². The second-order valence-electron chi connectivity index (χ2n) is 5.22. The van der Waals surface area contributed by atoms with Crippen molar-refractivity contribution in [1.82, 2.24) is 4.90 Å². The fraction of sp³-hybridized carbons (Fsp3) is 0.533. The standard InChI is InChI=1S/C15H21NO/c1-12-4-3-5-14(10-12)15(11-17)13-6-8-16(2)9-7-13/h3-5,10-11,13,15H,6-9H2,1-2H3. The Labute approximate surface area is 104 Å².